The van der Waals surface area contributed by atoms with Crippen molar-refractivity contribution in [2.24, 2.45) is 0 Å². The minimum absolute atomic E-state index is 0.0151. The lowest BCUT2D eigenvalue weighted by molar-refractivity contribution is -0.132. The van der Waals surface area contributed by atoms with Crippen LogP contribution in [0.1, 0.15) is 54.3 Å². The highest BCUT2D eigenvalue weighted by molar-refractivity contribution is 7.10. The molecule has 1 aromatic heterocycles. The van der Waals surface area contributed by atoms with Gasteiger partial charge >= 0.3 is 0 Å². The van der Waals surface area contributed by atoms with Crippen molar-refractivity contribution in [2.75, 3.05) is 11.5 Å². The topological polar surface area (TPSA) is 66.8 Å². The van der Waals surface area contributed by atoms with Gasteiger partial charge in [0.05, 0.1) is 12.2 Å². The summed E-state index contributed by atoms with van der Waals surface area (Å²) >= 11 is 1.38. The number of rotatable bonds is 6. The number of hydrogen-bond donors (Lipinski definition) is 1. The Hall–Kier alpha value is -3.45. The highest BCUT2D eigenvalue weighted by Gasteiger charge is 2.48. The second kappa shape index (κ2) is 9.43. The molecule has 3 aromatic rings. The number of halogens is 1. The molecule has 0 saturated carbocycles. The van der Waals surface area contributed by atoms with E-state index in [2.05, 4.69) is 0 Å². The summed E-state index contributed by atoms with van der Waals surface area (Å²) in [6, 6.07) is 11.8. The molecule has 4 rings (SSSR count). The van der Waals surface area contributed by atoms with Crippen molar-refractivity contribution in [3.8, 4) is 5.75 Å². The molecular weight excluding hydrogens is 453 g/mol. The van der Waals surface area contributed by atoms with Gasteiger partial charge in [-0.1, -0.05) is 19.9 Å². The van der Waals surface area contributed by atoms with Gasteiger partial charge in [0.25, 0.3) is 11.7 Å². The van der Waals surface area contributed by atoms with Crippen molar-refractivity contribution in [1.29, 1.82) is 0 Å². The van der Waals surface area contributed by atoms with Gasteiger partial charge in [0.1, 0.15) is 23.4 Å². The first-order valence-corrected chi connectivity index (χ1v) is 12.0. The fourth-order valence-corrected chi connectivity index (χ4v) is 5.25. The van der Waals surface area contributed by atoms with Crippen molar-refractivity contribution in [1.82, 2.24) is 0 Å². The quantitative estimate of drug-likeness (QED) is 0.254. The molecule has 2 aromatic carbocycles. The van der Waals surface area contributed by atoms with E-state index in [1.54, 1.807) is 24.3 Å². The van der Waals surface area contributed by atoms with E-state index < -0.39 is 23.5 Å². The van der Waals surface area contributed by atoms with E-state index in [4.69, 9.17) is 4.74 Å². The number of carbonyl (C=O) groups is 2. The average Bonchev–Trinajstić information content (AvgIpc) is 3.34. The van der Waals surface area contributed by atoms with Crippen molar-refractivity contribution < 1.29 is 23.8 Å². The van der Waals surface area contributed by atoms with Crippen LogP contribution in [0.25, 0.3) is 5.76 Å². The van der Waals surface area contributed by atoms with Crippen molar-refractivity contribution in [3.63, 3.8) is 0 Å². The van der Waals surface area contributed by atoms with E-state index >= 15 is 0 Å². The summed E-state index contributed by atoms with van der Waals surface area (Å²) < 4.78 is 19.8. The van der Waals surface area contributed by atoms with Crippen LogP contribution < -0.4 is 9.64 Å². The molecular formula is C27H26FNO4S. The monoisotopic (exact) mass is 479 g/mol. The molecule has 1 aliphatic rings. The third kappa shape index (κ3) is 4.12. The number of aliphatic hydroxyl groups is 1. The lowest BCUT2D eigenvalue weighted by atomic mass is 9.94. The molecule has 1 amide bonds. The van der Waals surface area contributed by atoms with E-state index in [9.17, 15) is 19.1 Å². The molecule has 176 valence electrons. The maximum Gasteiger partial charge on any atom is 0.300 e. The number of thiophene rings is 1. The van der Waals surface area contributed by atoms with E-state index in [0.29, 0.717) is 17.9 Å². The first-order valence-electron chi connectivity index (χ1n) is 11.1. The fraction of sp³-hybridized carbons (Fsp3) is 0.259. The van der Waals surface area contributed by atoms with Crippen molar-refractivity contribution >= 4 is 34.5 Å². The van der Waals surface area contributed by atoms with Gasteiger partial charge in [0.15, 0.2) is 0 Å². The predicted octanol–water partition coefficient (Wildman–Crippen LogP) is 6.34. The Morgan fingerprint density at radius 3 is 2.56 bits per heavy atom. The normalized spacial score (nSPS) is 17.6. The molecule has 1 aliphatic heterocycles. The summed E-state index contributed by atoms with van der Waals surface area (Å²) in [5.74, 6) is -1.58. The number of aryl methyl sites for hydroxylation is 1. The Balaban J connectivity index is 1.93. The Kier molecular flexibility index (Phi) is 6.57. The van der Waals surface area contributed by atoms with Gasteiger partial charge in [-0.2, -0.15) is 0 Å². The molecule has 34 heavy (non-hydrogen) atoms. The van der Waals surface area contributed by atoms with Gasteiger partial charge in [-0.15, -0.1) is 11.3 Å². The zero-order valence-corrected chi connectivity index (χ0v) is 20.3. The molecule has 0 aliphatic carbocycles. The second-order valence-electron chi connectivity index (χ2n) is 8.46. The number of amides is 1. The second-order valence-corrected chi connectivity index (χ2v) is 9.40. The smallest absolute Gasteiger partial charge is 0.300 e. The highest BCUT2D eigenvalue weighted by Crippen LogP contribution is 2.45. The Labute approximate surface area is 202 Å². The van der Waals surface area contributed by atoms with Gasteiger partial charge in [0, 0.05) is 16.1 Å². The van der Waals surface area contributed by atoms with Crippen LogP contribution in [0.2, 0.25) is 0 Å². The first-order chi connectivity index (χ1) is 16.2. The molecule has 5 nitrogen and oxygen atoms in total. The number of Topliss-reactive ketones (excluding diaryl/α,β-unsaturated/α-hetero) is 1. The Morgan fingerprint density at radius 1 is 1.18 bits per heavy atom. The van der Waals surface area contributed by atoms with E-state index in [1.807, 2.05) is 39.1 Å². The number of nitrogens with zero attached hydrogens (tertiary/aromatic N) is 1. The maximum atomic E-state index is 14.0. The summed E-state index contributed by atoms with van der Waals surface area (Å²) in [4.78, 5) is 28.5. The van der Waals surface area contributed by atoms with Crippen LogP contribution in [0.3, 0.4) is 0 Å². The molecule has 1 saturated heterocycles. The summed E-state index contributed by atoms with van der Waals surface area (Å²) in [5, 5.41) is 13.2. The van der Waals surface area contributed by atoms with Gasteiger partial charge in [0.2, 0.25) is 0 Å². The first kappa shape index (κ1) is 23.7. The number of ketones is 1. The molecule has 0 radical (unpaired) electrons. The van der Waals surface area contributed by atoms with Crippen LogP contribution >= 0.6 is 11.3 Å². The van der Waals surface area contributed by atoms with Crippen LogP contribution in [0.15, 0.2) is 59.5 Å². The Bertz CT molecular complexity index is 1290. The number of hydrogen-bond acceptors (Lipinski definition) is 5. The Morgan fingerprint density at radius 2 is 1.94 bits per heavy atom. The lowest BCUT2D eigenvalue weighted by Gasteiger charge is -2.25. The third-order valence-corrected chi connectivity index (χ3v) is 6.96. The molecule has 2 heterocycles. The minimum Gasteiger partial charge on any atom is -0.507 e. The summed E-state index contributed by atoms with van der Waals surface area (Å²) in [6.07, 6.45) is 0. The number of benzene rings is 2. The number of aliphatic hydroxyl groups excluding tert-OH is 1. The van der Waals surface area contributed by atoms with E-state index in [0.717, 1.165) is 16.0 Å². The molecule has 0 spiro atoms. The standard InChI is InChI=1S/C27H26FNO4S/c1-5-33-21-10-9-17(13-20(21)15(2)3)24(30)22-23(26-16(4)11-12-34-26)29(27(32)25(22)31)19-8-6-7-18(28)14-19/h6-15,23,30H,5H2,1-4H3/b24-22-. The van der Waals surface area contributed by atoms with E-state index in [1.165, 1.54) is 34.4 Å². The summed E-state index contributed by atoms with van der Waals surface area (Å²) in [7, 11) is 0. The van der Waals surface area contributed by atoms with Crippen LogP contribution in [0, 0.1) is 12.7 Å². The lowest BCUT2D eigenvalue weighted by Crippen LogP contribution is -2.29. The van der Waals surface area contributed by atoms with Gasteiger partial charge in [-0.25, -0.2) is 4.39 Å². The summed E-state index contributed by atoms with van der Waals surface area (Å²) in [6.45, 7) is 8.31. The fourth-order valence-electron chi connectivity index (χ4n) is 4.23. The van der Waals surface area contributed by atoms with Crippen molar-refractivity contribution in [2.45, 2.75) is 39.7 Å². The molecule has 1 atom stereocenters. The largest absolute Gasteiger partial charge is 0.507 e. The van der Waals surface area contributed by atoms with Gasteiger partial charge in [-0.05, 0) is 78.7 Å². The predicted molar refractivity (Wildman–Crippen MR) is 132 cm³/mol. The SMILES string of the molecule is CCOc1ccc(/C(O)=C2/C(=O)C(=O)N(c3cccc(F)c3)C2c2sccc2C)cc1C(C)C. The van der Waals surface area contributed by atoms with Gasteiger partial charge in [-0.3, -0.25) is 14.5 Å². The molecule has 1 unspecified atom stereocenters. The van der Waals surface area contributed by atoms with E-state index in [-0.39, 0.29) is 22.9 Å². The highest BCUT2D eigenvalue weighted by atomic mass is 32.1. The zero-order valence-electron chi connectivity index (χ0n) is 19.5. The molecule has 0 bridgehead atoms. The zero-order chi connectivity index (χ0) is 24.6. The number of anilines is 1. The van der Waals surface area contributed by atoms with Crippen LogP contribution in [-0.2, 0) is 9.59 Å². The minimum atomic E-state index is -0.865. The van der Waals surface area contributed by atoms with Crippen LogP contribution in [0.4, 0.5) is 10.1 Å². The third-order valence-electron chi connectivity index (χ3n) is 5.89. The van der Waals surface area contributed by atoms with Gasteiger partial charge < -0.3 is 9.84 Å². The summed E-state index contributed by atoms with van der Waals surface area (Å²) in [5.41, 5.74) is 2.42. The van der Waals surface area contributed by atoms with Crippen LogP contribution in [-0.4, -0.2) is 23.4 Å². The van der Waals surface area contributed by atoms with Crippen molar-refractivity contribution in [3.05, 3.63) is 86.9 Å². The molecule has 1 N–H and O–H groups in total. The number of ether oxygens (including phenoxy) is 1. The maximum absolute atomic E-state index is 14.0. The molecule has 7 heteroatoms. The average molecular weight is 480 g/mol. The van der Waals surface area contributed by atoms with Crippen LogP contribution in [0.5, 0.6) is 5.75 Å². The number of carbonyl (C=O) groups excluding carboxylic acids is 2. The molecule has 1 fully saturated rings.